The van der Waals surface area contributed by atoms with Crippen molar-refractivity contribution in [1.29, 1.82) is 0 Å². The molecule has 0 unspecified atom stereocenters. The molecule has 0 fully saturated rings. The van der Waals surface area contributed by atoms with Crippen molar-refractivity contribution < 1.29 is 4.74 Å². The van der Waals surface area contributed by atoms with Gasteiger partial charge in [-0.3, -0.25) is 0 Å². The molecule has 0 radical (unpaired) electrons. The monoisotopic (exact) mass is 302 g/mol. The van der Waals surface area contributed by atoms with Gasteiger partial charge in [-0.1, -0.05) is 63.0 Å². The highest BCUT2D eigenvalue weighted by molar-refractivity contribution is 7.18. The van der Waals surface area contributed by atoms with Gasteiger partial charge >= 0.3 is 0 Å². The Morgan fingerprint density at radius 2 is 2.00 bits per heavy atom. The Bertz CT molecular complexity index is 629. The smallest absolute Gasteiger partial charge is 0.215 e. The first kappa shape index (κ1) is 17.1. The van der Waals surface area contributed by atoms with E-state index in [0.29, 0.717) is 12.5 Å². The molecule has 0 amide bonds. The van der Waals surface area contributed by atoms with Gasteiger partial charge in [-0.2, -0.15) is 0 Å². The Labute approximate surface area is 130 Å². The van der Waals surface area contributed by atoms with Crippen LogP contribution in [0.2, 0.25) is 0 Å². The molecule has 112 valence electrons. The van der Waals surface area contributed by atoms with Gasteiger partial charge in [-0.15, -0.1) is 0 Å². The van der Waals surface area contributed by atoms with Gasteiger partial charge in [-0.25, -0.2) is 9.97 Å². The average molecular weight is 302 g/mol. The predicted molar refractivity (Wildman–Crippen MR) is 92.1 cm³/mol. The predicted octanol–water partition coefficient (Wildman–Crippen LogP) is 5.09. The Balaban J connectivity index is 0.000000677. The highest BCUT2D eigenvalue weighted by Crippen LogP contribution is 2.22. The van der Waals surface area contributed by atoms with Gasteiger partial charge in [0.25, 0.3) is 0 Å². The number of fused-ring (bicyclic) bond motifs is 1. The largest absolute Gasteiger partial charge is 0.473 e. The first-order chi connectivity index (χ1) is 10.1. The third-order valence-electron chi connectivity index (χ3n) is 2.32. The minimum Gasteiger partial charge on any atom is -0.473 e. The van der Waals surface area contributed by atoms with E-state index in [1.54, 1.807) is 23.5 Å². The molecule has 21 heavy (non-hydrogen) atoms. The van der Waals surface area contributed by atoms with Crippen LogP contribution in [-0.4, -0.2) is 16.6 Å². The summed E-state index contributed by atoms with van der Waals surface area (Å²) in [6.07, 6.45) is 6.57. The minimum absolute atomic E-state index is 0.436. The van der Waals surface area contributed by atoms with Crippen molar-refractivity contribution >= 4 is 21.7 Å². The molecular formula is C17H22N2OS. The minimum atomic E-state index is 0.436. The molecule has 0 saturated heterocycles. The Morgan fingerprint density at radius 1 is 1.29 bits per heavy atom. The summed E-state index contributed by atoms with van der Waals surface area (Å²) in [6.45, 7) is 14.0. The fourth-order valence-corrected chi connectivity index (χ4v) is 2.25. The number of nitrogens with zero attached hydrogens (tertiary/aromatic N) is 2. The number of hydrogen-bond acceptors (Lipinski definition) is 4. The highest BCUT2D eigenvalue weighted by Gasteiger charge is 2.04. The van der Waals surface area contributed by atoms with E-state index in [9.17, 15) is 0 Å². The second-order valence-electron chi connectivity index (χ2n) is 4.38. The zero-order chi connectivity index (χ0) is 15.7. The number of pyridine rings is 1. The van der Waals surface area contributed by atoms with Crippen LogP contribution in [0.25, 0.3) is 10.3 Å². The molecule has 0 N–H and O–H groups in total. The molecule has 0 saturated carbocycles. The summed E-state index contributed by atoms with van der Waals surface area (Å²) in [5.41, 5.74) is 1.88. The van der Waals surface area contributed by atoms with Crippen molar-refractivity contribution in [2.24, 2.45) is 0 Å². The van der Waals surface area contributed by atoms with Gasteiger partial charge in [-0.05, 0) is 18.6 Å². The summed E-state index contributed by atoms with van der Waals surface area (Å²) in [4.78, 5) is 9.66. The maximum Gasteiger partial charge on any atom is 0.215 e. The molecule has 0 bridgehead atoms. The lowest BCUT2D eigenvalue weighted by atomic mass is 10.2. The van der Waals surface area contributed by atoms with E-state index in [-0.39, 0.29) is 0 Å². The van der Waals surface area contributed by atoms with Crippen molar-refractivity contribution in [2.45, 2.75) is 27.2 Å². The van der Waals surface area contributed by atoms with Gasteiger partial charge in [0.15, 0.2) is 0 Å². The Kier molecular flexibility index (Phi) is 7.40. The van der Waals surface area contributed by atoms with Crippen LogP contribution in [0.4, 0.5) is 0 Å². The van der Waals surface area contributed by atoms with Crippen LogP contribution in [0.1, 0.15) is 25.3 Å². The Morgan fingerprint density at radius 3 is 2.62 bits per heavy atom. The van der Waals surface area contributed by atoms with Crippen molar-refractivity contribution in [3.8, 4) is 5.88 Å². The first-order valence-electron chi connectivity index (χ1n) is 6.95. The zero-order valence-electron chi connectivity index (χ0n) is 12.9. The molecule has 2 rings (SSSR count). The average Bonchev–Trinajstić information content (AvgIpc) is 2.83. The fourth-order valence-electron chi connectivity index (χ4n) is 1.47. The number of rotatable bonds is 5. The molecule has 0 aliphatic heterocycles. The normalized spacial score (nSPS) is 10.7. The van der Waals surface area contributed by atoms with Gasteiger partial charge in [0.2, 0.25) is 5.88 Å². The molecular weight excluding hydrogens is 280 g/mol. The standard InChI is InChI=1S/C14H14N2OS.C3H8/c1-4-6-11(5-2)9-17-13-8-7-12-14(16-13)18-10(3)15-12;1-3-2/h4-8H,1-2,9H2,3H3;3H2,1-2H3/b11-6+;. The van der Waals surface area contributed by atoms with E-state index in [0.717, 1.165) is 20.9 Å². The van der Waals surface area contributed by atoms with E-state index in [1.807, 2.05) is 25.1 Å². The summed E-state index contributed by atoms with van der Waals surface area (Å²) in [5.74, 6) is 0.600. The topological polar surface area (TPSA) is 35.0 Å². The second-order valence-corrected chi connectivity index (χ2v) is 5.57. The van der Waals surface area contributed by atoms with Crippen LogP contribution in [0.15, 0.2) is 49.1 Å². The van der Waals surface area contributed by atoms with Crippen molar-refractivity contribution in [2.75, 3.05) is 6.61 Å². The lowest BCUT2D eigenvalue weighted by molar-refractivity contribution is 0.343. The summed E-state index contributed by atoms with van der Waals surface area (Å²) in [7, 11) is 0. The number of aryl methyl sites for hydroxylation is 1. The summed E-state index contributed by atoms with van der Waals surface area (Å²) < 4.78 is 5.61. The van der Waals surface area contributed by atoms with Crippen LogP contribution < -0.4 is 4.74 Å². The molecule has 2 heterocycles. The van der Waals surface area contributed by atoms with E-state index >= 15 is 0 Å². The third-order valence-corrected chi connectivity index (χ3v) is 3.20. The molecule has 0 aliphatic carbocycles. The third kappa shape index (κ3) is 5.52. The van der Waals surface area contributed by atoms with E-state index in [1.165, 1.54) is 6.42 Å². The van der Waals surface area contributed by atoms with Crippen molar-refractivity contribution in [1.82, 2.24) is 9.97 Å². The van der Waals surface area contributed by atoms with Gasteiger partial charge in [0.1, 0.15) is 17.0 Å². The number of hydrogen-bond donors (Lipinski definition) is 0. The first-order valence-corrected chi connectivity index (χ1v) is 7.77. The maximum atomic E-state index is 5.61. The van der Waals surface area contributed by atoms with Crippen LogP contribution in [0, 0.1) is 6.92 Å². The van der Waals surface area contributed by atoms with Crippen LogP contribution in [-0.2, 0) is 0 Å². The molecule has 0 aromatic carbocycles. The molecule has 0 atom stereocenters. The second kappa shape index (κ2) is 9.08. The van der Waals surface area contributed by atoms with Crippen LogP contribution in [0.3, 0.4) is 0 Å². The SMILES string of the molecule is C=C/C=C(\C=C)COc1ccc2nc(C)sc2n1.CCC. The summed E-state index contributed by atoms with van der Waals surface area (Å²) in [6, 6.07) is 3.75. The van der Waals surface area contributed by atoms with Crippen LogP contribution >= 0.6 is 11.3 Å². The Hall–Kier alpha value is -1.94. The molecule has 2 aromatic rings. The van der Waals surface area contributed by atoms with Gasteiger partial charge < -0.3 is 4.74 Å². The quantitative estimate of drug-likeness (QED) is 0.721. The number of thiazole rings is 1. The molecule has 0 aliphatic rings. The summed E-state index contributed by atoms with van der Waals surface area (Å²) >= 11 is 1.56. The summed E-state index contributed by atoms with van der Waals surface area (Å²) in [5, 5.41) is 1.01. The van der Waals surface area contributed by atoms with Gasteiger partial charge in [0, 0.05) is 6.07 Å². The van der Waals surface area contributed by atoms with Crippen molar-refractivity contribution in [3.63, 3.8) is 0 Å². The molecule has 0 spiro atoms. The van der Waals surface area contributed by atoms with E-state index in [2.05, 4.69) is 37.0 Å². The lowest BCUT2D eigenvalue weighted by Gasteiger charge is -2.05. The number of aromatic nitrogens is 2. The maximum absolute atomic E-state index is 5.61. The van der Waals surface area contributed by atoms with Crippen LogP contribution in [0.5, 0.6) is 5.88 Å². The lowest BCUT2D eigenvalue weighted by Crippen LogP contribution is -2.00. The van der Waals surface area contributed by atoms with Gasteiger partial charge in [0.05, 0.1) is 5.01 Å². The zero-order valence-corrected chi connectivity index (χ0v) is 13.7. The molecule has 2 aromatic heterocycles. The van der Waals surface area contributed by atoms with E-state index in [4.69, 9.17) is 4.74 Å². The van der Waals surface area contributed by atoms with E-state index < -0.39 is 0 Å². The number of allylic oxidation sites excluding steroid dienone is 2. The molecule has 3 nitrogen and oxygen atoms in total. The number of ether oxygens (including phenoxy) is 1. The van der Waals surface area contributed by atoms with Crippen molar-refractivity contribution in [3.05, 3.63) is 54.1 Å². The highest BCUT2D eigenvalue weighted by atomic mass is 32.1. The molecule has 4 heteroatoms. The fraction of sp³-hybridized carbons (Fsp3) is 0.294.